The first kappa shape index (κ1) is 29.4. The molecule has 0 aliphatic rings. The number of rotatable bonds is 11. The number of carbonyl (C=O) groups is 2. The molecule has 0 fully saturated rings. The van der Waals surface area contributed by atoms with Gasteiger partial charge in [0, 0.05) is 24.0 Å². The molecule has 0 aliphatic heterocycles. The minimum absolute atomic E-state index is 0.144. The summed E-state index contributed by atoms with van der Waals surface area (Å²) in [5.74, 6) is -0.760. The Hall–Kier alpha value is -3.17. The molecule has 0 heterocycles. The van der Waals surface area contributed by atoms with Crippen molar-refractivity contribution in [3.63, 3.8) is 0 Å². The Morgan fingerprint density at radius 2 is 1.53 bits per heavy atom. The van der Waals surface area contributed by atoms with Gasteiger partial charge < -0.3 is 10.2 Å². The highest BCUT2D eigenvalue weighted by Crippen LogP contribution is 2.23. The summed E-state index contributed by atoms with van der Waals surface area (Å²) in [6, 6.07) is 21.6. The van der Waals surface area contributed by atoms with Crippen LogP contribution in [0.4, 0.5) is 5.69 Å². The van der Waals surface area contributed by atoms with Gasteiger partial charge in [0.15, 0.2) is 0 Å². The van der Waals surface area contributed by atoms with Crippen LogP contribution in [0.25, 0.3) is 0 Å². The number of halogens is 1. The molecule has 3 rings (SSSR count). The molecular weight excluding hydrogens is 566 g/mol. The molecule has 9 heteroatoms. The molecule has 0 aromatic heterocycles. The summed E-state index contributed by atoms with van der Waals surface area (Å²) in [7, 11) is -3.79. The van der Waals surface area contributed by atoms with Crippen LogP contribution in [0.15, 0.2) is 77.3 Å². The normalized spacial score (nSPS) is 12.0. The average molecular weight is 601 g/mol. The second-order valence-electron chi connectivity index (χ2n) is 9.36. The lowest BCUT2D eigenvalue weighted by molar-refractivity contribution is -0.140. The van der Waals surface area contributed by atoms with E-state index in [2.05, 4.69) is 21.2 Å². The van der Waals surface area contributed by atoms with E-state index in [1.54, 1.807) is 12.1 Å². The number of aryl methyl sites for hydroxylation is 2. The van der Waals surface area contributed by atoms with Gasteiger partial charge >= 0.3 is 0 Å². The van der Waals surface area contributed by atoms with E-state index < -0.39 is 28.5 Å². The Morgan fingerprint density at radius 1 is 0.921 bits per heavy atom. The number of anilines is 1. The molecule has 202 valence electrons. The van der Waals surface area contributed by atoms with Crippen molar-refractivity contribution in [2.75, 3.05) is 23.7 Å². The van der Waals surface area contributed by atoms with E-state index in [4.69, 9.17) is 0 Å². The van der Waals surface area contributed by atoms with Gasteiger partial charge in [-0.05, 0) is 67.3 Å². The van der Waals surface area contributed by atoms with E-state index in [0.29, 0.717) is 12.2 Å². The minimum Gasteiger partial charge on any atom is -0.355 e. The van der Waals surface area contributed by atoms with Gasteiger partial charge in [-0.2, -0.15) is 0 Å². The van der Waals surface area contributed by atoms with Gasteiger partial charge in [-0.15, -0.1) is 0 Å². The molecule has 1 atom stereocenters. The molecule has 0 spiro atoms. The molecule has 3 aromatic rings. The molecule has 0 saturated heterocycles. The van der Waals surface area contributed by atoms with Crippen molar-refractivity contribution in [2.24, 2.45) is 0 Å². The first-order chi connectivity index (χ1) is 18.0. The molecule has 0 bridgehead atoms. The van der Waals surface area contributed by atoms with Gasteiger partial charge in [0.1, 0.15) is 12.6 Å². The van der Waals surface area contributed by atoms with E-state index >= 15 is 0 Å². The zero-order valence-corrected chi connectivity index (χ0v) is 24.6. The fourth-order valence-electron chi connectivity index (χ4n) is 4.34. The minimum atomic E-state index is -3.79. The number of hydrogen-bond acceptors (Lipinski definition) is 4. The van der Waals surface area contributed by atoms with Crippen LogP contribution < -0.4 is 9.62 Å². The third kappa shape index (κ3) is 8.16. The first-order valence-corrected chi connectivity index (χ1v) is 15.0. The predicted octanol–water partition coefficient (Wildman–Crippen LogP) is 4.61. The summed E-state index contributed by atoms with van der Waals surface area (Å²) in [5, 5.41) is 2.85. The van der Waals surface area contributed by atoms with E-state index in [1.807, 2.05) is 81.4 Å². The topological polar surface area (TPSA) is 86.8 Å². The summed E-state index contributed by atoms with van der Waals surface area (Å²) in [6.07, 6.45) is 1.37. The standard InChI is InChI=1S/C29H34BrN3O4S/c1-5-31-29(35)27(18-23-9-7-6-8-10-23)32(19-24-11-13-25(30)14-12-24)28(34)20-33(38(4,36)37)26-16-21(2)15-22(3)17-26/h6-17,27H,5,18-20H2,1-4H3,(H,31,35). The Labute approximate surface area is 234 Å². The molecule has 7 nitrogen and oxygen atoms in total. The number of sulfonamides is 1. The number of benzene rings is 3. The summed E-state index contributed by atoms with van der Waals surface area (Å²) < 4.78 is 27.8. The number of hydrogen-bond donors (Lipinski definition) is 1. The van der Waals surface area contributed by atoms with Gasteiger partial charge in [0.25, 0.3) is 0 Å². The summed E-state index contributed by atoms with van der Waals surface area (Å²) in [5.41, 5.74) is 3.90. The van der Waals surface area contributed by atoms with E-state index in [-0.39, 0.29) is 18.9 Å². The van der Waals surface area contributed by atoms with Crippen LogP contribution in [0.1, 0.15) is 29.2 Å². The van der Waals surface area contributed by atoms with Gasteiger partial charge in [-0.25, -0.2) is 8.42 Å². The van der Waals surface area contributed by atoms with Crippen LogP contribution in [-0.2, 0) is 32.6 Å². The smallest absolute Gasteiger partial charge is 0.244 e. The van der Waals surface area contributed by atoms with Gasteiger partial charge in [-0.3, -0.25) is 13.9 Å². The number of likely N-dealkylation sites (N-methyl/N-ethyl adjacent to an activating group) is 1. The number of nitrogens with zero attached hydrogens (tertiary/aromatic N) is 2. The predicted molar refractivity (Wildman–Crippen MR) is 155 cm³/mol. The first-order valence-electron chi connectivity index (χ1n) is 12.4. The van der Waals surface area contributed by atoms with E-state index in [1.165, 1.54) is 4.90 Å². The van der Waals surface area contributed by atoms with Crippen molar-refractivity contribution in [1.82, 2.24) is 10.2 Å². The number of carbonyl (C=O) groups excluding carboxylic acids is 2. The molecule has 0 aliphatic carbocycles. The maximum Gasteiger partial charge on any atom is 0.244 e. The van der Waals surface area contributed by atoms with Crippen LogP contribution in [0, 0.1) is 13.8 Å². The fourth-order valence-corrected chi connectivity index (χ4v) is 5.44. The molecule has 1 N–H and O–H groups in total. The van der Waals surface area contributed by atoms with Crippen molar-refractivity contribution in [3.05, 3.63) is 99.5 Å². The third-order valence-electron chi connectivity index (χ3n) is 6.06. The molecule has 1 unspecified atom stereocenters. The SMILES string of the molecule is CCNC(=O)C(Cc1ccccc1)N(Cc1ccc(Br)cc1)C(=O)CN(c1cc(C)cc(C)c1)S(C)(=O)=O. The highest BCUT2D eigenvalue weighted by molar-refractivity contribution is 9.10. The van der Waals surface area contributed by atoms with Crippen LogP contribution in [0.3, 0.4) is 0 Å². The monoisotopic (exact) mass is 599 g/mol. The average Bonchev–Trinajstić information content (AvgIpc) is 2.85. The largest absolute Gasteiger partial charge is 0.355 e. The lowest BCUT2D eigenvalue weighted by Crippen LogP contribution is -2.53. The van der Waals surface area contributed by atoms with Crippen molar-refractivity contribution in [2.45, 2.75) is 39.8 Å². The maximum atomic E-state index is 14.0. The summed E-state index contributed by atoms with van der Waals surface area (Å²) in [6.45, 7) is 5.70. The van der Waals surface area contributed by atoms with Crippen LogP contribution >= 0.6 is 15.9 Å². The molecule has 2 amide bonds. The highest BCUT2D eigenvalue weighted by atomic mass is 79.9. The lowest BCUT2D eigenvalue weighted by Gasteiger charge is -2.33. The van der Waals surface area contributed by atoms with Crippen molar-refractivity contribution in [3.8, 4) is 0 Å². The van der Waals surface area contributed by atoms with E-state index in [9.17, 15) is 18.0 Å². The van der Waals surface area contributed by atoms with Crippen molar-refractivity contribution in [1.29, 1.82) is 0 Å². The molecule has 3 aromatic carbocycles. The highest BCUT2D eigenvalue weighted by Gasteiger charge is 2.32. The third-order valence-corrected chi connectivity index (χ3v) is 7.73. The Balaban J connectivity index is 2.05. The van der Waals surface area contributed by atoms with Crippen LogP contribution in [0.2, 0.25) is 0 Å². The fraction of sp³-hybridized carbons (Fsp3) is 0.310. The summed E-state index contributed by atoms with van der Waals surface area (Å²) in [4.78, 5) is 28.8. The Kier molecular flexibility index (Phi) is 10.1. The zero-order chi connectivity index (χ0) is 27.9. The summed E-state index contributed by atoms with van der Waals surface area (Å²) >= 11 is 3.43. The Morgan fingerprint density at radius 3 is 2.08 bits per heavy atom. The van der Waals surface area contributed by atoms with Crippen molar-refractivity contribution < 1.29 is 18.0 Å². The second kappa shape index (κ2) is 13.1. The molecule has 0 saturated carbocycles. The number of nitrogens with one attached hydrogen (secondary N) is 1. The maximum absolute atomic E-state index is 14.0. The zero-order valence-electron chi connectivity index (χ0n) is 22.1. The Bertz CT molecular complexity index is 1340. The van der Waals surface area contributed by atoms with E-state index in [0.717, 1.165) is 37.3 Å². The second-order valence-corrected chi connectivity index (χ2v) is 12.2. The quantitative estimate of drug-likeness (QED) is 0.349. The number of amides is 2. The lowest BCUT2D eigenvalue weighted by atomic mass is 10.0. The van der Waals surface area contributed by atoms with Crippen molar-refractivity contribution >= 4 is 43.5 Å². The van der Waals surface area contributed by atoms with Gasteiger partial charge in [0.05, 0.1) is 11.9 Å². The molecular formula is C29H34BrN3O4S. The molecule has 38 heavy (non-hydrogen) atoms. The van der Waals surface area contributed by atoms with Crippen LogP contribution in [0.5, 0.6) is 0 Å². The van der Waals surface area contributed by atoms with Crippen LogP contribution in [-0.4, -0.2) is 50.5 Å². The van der Waals surface area contributed by atoms with Gasteiger partial charge in [0.2, 0.25) is 21.8 Å². The molecule has 0 radical (unpaired) electrons. The van der Waals surface area contributed by atoms with Gasteiger partial charge in [-0.1, -0.05) is 64.5 Å².